The van der Waals surface area contributed by atoms with E-state index in [-0.39, 0.29) is 24.4 Å². The Hall–Kier alpha value is -1.00. The van der Waals surface area contributed by atoms with Gasteiger partial charge in [-0.15, -0.1) is 12.4 Å². The van der Waals surface area contributed by atoms with Gasteiger partial charge in [-0.2, -0.15) is 0 Å². The largest absolute Gasteiger partial charge is 0.367 e. The highest BCUT2D eigenvalue weighted by atomic mass is 35.5. The molecule has 0 saturated carbocycles. The lowest BCUT2D eigenvalue weighted by molar-refractivity contribution is 0.0656. The fourth-order valence-electron chi connectivity index (χ4n) is 1.77. The molecule has 2 N–H and O–H groups in total. The molecule has 1 aliphatic heterocycles. The second-order valence-electron chi connectivity index (χ2n) is 3.65. The lowest BCUT2D eigenvalue weighted by Gasteiger charge is -2.33. The third-order valence-electron chi connectivity index (χ3n) is 2.61. The van der Waals surface area contributed by atoms with Crippen molar-refractivity contribution >= 4 is 18.3 Å². The van der Waals surface area contributed by atoms with E-state index in [2.05, 4.69) is 17.2 Å². The molecule has 1 aliphatic rings. The molecule has 0 radical (unpaired) electrons. The summed E-state index contributed by atoms with van der Waals surface area (Å²) < 4.78 is 0. The normalized spacial score (nSPS) is 20.9. The van der Waals surface area contributed by atoms with Crippen LogP contribution >= 0.6 is 12.4 Å². The Balaban J connectivity index is 0.00000112. The average molecular weight is 230 g/mol. The van der Waals surface area contributed by atoms with Gasteiger partial charge in [0.05, 0.1) is 5.56 Å². The van der Waals surface area contributed by atoms with Gasteiger partial charge in [-0.1, -0.05) is 0 Å². The molecule has 5 heteroatoms. The summed E-state index contributed by atoms with van der Waals surface area (Å²) in [6.45, 7) is 4.64. The van der Waals surface area contributed by atoms with Crippen LogP contribution in [-0.2, 0) is 0 Å². The van der Waals surface area contributed by atoms with E-state index in [4.69, 9.17) is 0 Å². The second kappa shape index (κ2) is 5.19. The summed E-state index contributed by atoms with van der Waals surface area (Å²) in [6.07, 6.45) is 3.52. The van der Waals surface area contributed by atoms with E-state index in [0.717, 1.165) is 25.2 Å². The van der Waals surface area contributed by atoms with Gasteiger partial charge in [0.1, 0.15) is 0 Å². The molecule has 1 aromatic rings. The van der Waals surface area contributed by atoms with E-state index in [1.807, 2.05) is 11.0 Å². The number of hydrogen-bond acceptors (Lipinski definition) is 2. The maximum atomic E-state index is 11.9. The van der Waals surface area contributed by atoms with E-state index >= 15 is 0 Å². The number of piperazine rings is 1. The number of carbonyl (C=O) groups excluding carboxylic acids is 1. The number of aromatic nitrogens is 1. The fourth-order valence-corrected chi connectivity index (χ4v) is 1.77. The minimum absolute atomic E-state index is 0. The number of halogens is 1. The van der Waals surface area contributed by atoms with Gasteiger partial charge < -0.3 is 15.2 Å². The topological polar surface area (TPSA) is 48.1 Å². The lowest BCUT2D eigenvalue weighted by Crippen LogP contribution is -2.52. The molecule has 0 bridgehead atoms. The Labute approximate surface area is 95.4 Å². The first-order valence-electron chi connectivity index (χ1n) is 4.93. The third kappa shape index (κ3) is 2.52. The molecule has 0 aromatic carbocycles. The minimum Gasteiger partial charge on any atom is -0.367 e. The van der Waals surface area contributed by atoms with Gasteiger partial charge in [0.2, 0.25) is 0 Å². The summed E-state index contributed by atoms with van der Waals surface area (Å²) >= 11 is 0. The van der Waals surface area contributed by atoms with E-state index in [1.165, 1.54) is 0 Å². The number of H-pyrrole nitrogens is 1. The van der Waals surface area contributed by atoms with Crippen molar-refractivity contribution in [2.24, 2.45) is 0 Å². The molecule has 0 spiro atoms. The van der Waals surface area contributed by atoms with E-state index < -0.39 is 0 Å². The molecule has 4 nitrogen and oxygen atoms in total. The van der Waals surface area contributed by atoms with Gasteiger partial charge in [-0.25, -0.2) is 0 Å². The van der Waals surface area contributed by atoms with Crippen LogP contribution in [0.1, 0.15) is 17.3 Å². The van der Waals surface area contributed by atoms with Crippen molar-refractivity contribution in [3.8, 4) is 0 Å². The Bertz CT molecular complexity index is 312. The smallest absolute Gasteiger partial charge is 0.255 e. The number of hydrogen-bond donors (Lipinski definition) is 2. The maximum absolute atomic E-state index is 11.9. The van der Waals surface area contributed by atoms with Gasteiger partial charge >= 0.3 is 0 Å². The zero-order valence-corrected chi connectivity index (χ0v) is 9.51. The number of nitrogens with zero attached hydrogens (tertiary/aromatic N) is 1. The zero-order valence-electron chi connectivity index (χ0n) is 8.69. The SMILES string of the molecule is C[C@H]1CNCCN1C(=O)c1cc[nH]c1.Cl. The molecule has 1 saturated heterocycles. The summed E-state index contributed by atoms with van der Waals surface area (Å²) in [7, 11) is 0. The zero-order chi connectivity index (χ0) is 9.97. The molecule has 2 rings (SSSR count). The van der Waals surface area contributed by atoms with Crippen LogP contribution in [0.5, 0.6) is 0 Å². The van der Waals surface area contributed by atoms with Crippen LogP contribution in [-0.4, -0.2) is 41.5 Å². The first-order valence-corrected chi connectivity index (χ1v) is 4.93. The van der Waals surface area contributed by atoms with Gasteiger partial charge in [0.25, 0.3) is 5.91 Å². The highest BCUT2D eigenvalue weighted by molar-refractivity contribution is 5.94. The molecular formula is C10H16ClN3O. The highest BCUT2D eigenvalue weighted by Crippen LogP contribution is 2.09. The summed E-state index contributed by atoms with van der Waals surface area (Å²) in [6, 6.07) is 2.10. The molecule has 1 atom stereocenters. The van der Waals surface area contributed by atoms with Crippen molar-refractivity contribution in [2.75, 3.05) is 19.6 Å². The standard InChI is InChI=1S/C10H15N3O.ClH/c1-8-6-12-4-5-13(8)10(14)9-2-3-11-7-9;/h2-3,7-8,11-12H,4-6H2,1H3;1H/t8-;/m0./s1. The predicted molar refractivity (Wildman–Crippen MR) is 61.4 cm³/mol. The summed E-state index contributed by atoms with van der Waals surface area (Å²) in [5.74, 6) is 0.125. The summed E-state index contributed by atoms with van der Waals surface area (Å²) in [4.78, 5) is 16.8. The first-order chi connectivity index (χ1) is 6.79. The van der Waals surface area contributed by atoms with E-state index in [0.29, 0.717) is 0 Å². The molecule has 1 amide bonds. The van der Waals surface area contributed by atoms with Crippen molar-refractivity contribution in [3.63, 3.8) is 0 Å². The molecule has 1 aromatic heterocycles. The number of aromatic amines is 1. The van der Waals surface area contributed by atoms with E-state index in [9.17, 15) is 4.79 Å². The summed E-state index contributed by atoms with van der Waals surface area (Å²) in [5.41, 5.74) is 0.749. The Morgan fingerprint density at radius 2 is 2.40 bits per heavy atom. The monoisotopic (exact) mass is 229 g/mol. The van der Waals surface area contributed by atoms with Gasteiger partial charge in [0, 0.05) is 38.1 Å². The van der Waals surface area contributed by atoms with Crippen LogP contribution in [0.25, 0.3) is 0 Å². The van der Waals surface area contributed by atoms with Gasteiger partial charge in [-0.3, -0.25) is 4.79 Å². The molecule has 84 valence electrons. The lowest BCUT2D eigenvalue weighted by atomic mass is 10.2. The second-order valence-corrected chi connectivity index (χ2v) is 3.65. The van der Waals surface area contributed by atoms with Crippen LogP contribution < -0.4 is 5.32 Å². The van der Waals surface area contributed by atoms with Gasteiger partial charge in [-0.05, 0) is 13.0 Å². The van der Waals surface area contributed by atoms with Crippen molar-refractivity contribution in [1.82, 2.24) is 15.2 Å². The molecule has 15 heavy (non-hydrogen) atoms. The predicted octanol–water partition coefficient (Wildman–Crippen LogP) is 0.870. The number of carbonyl (C=O) groups is 1. The average Bonchev–Trinajstić information content (AvgIpc) is 2.70. The van der Waals surface area contributed by atoms with Crippen LogP contribution in [0, 0.1) is 0 Å². The van der Waals surface area contributed by atoms with Crippen molar-refractivity contribution in [1.29, 1.82) is 0 Å². The minimum atomic E-state index is 0. The van der Waals surface area contributed by atoms with Crippen molar-refractivity contribution in [2.45, 2.75) is 13.0 Å². The van der Waals surface area contributed by atoms with Crippen molar-refractivity contribution in [3.05, 3.63) is 24.0 Å². The molecule has 1 fully saturated rings. The number of amides is 1. The highest BCUT2D eigenvalue weighted by Gasteiger charge is 2.23. The molecule has 0 unspecified atom stereocenters. The Morgan fingerprint density at radius 3 is 3.00 bits per heavy atom. The molecule has 0 aliphatic carbocycles. The fraction of sp³-hybridized carbons (Fsp3) is 0.500. The maximum Gasteiger partial charge on any atom is 0.255 e. The Morgan fingerprint density at radius 1 is 1.60 bits per heavy atom. The number of rotatable bonds is 1. The quantitative estimate of drug-likeness (QED) is 0.751. The third-order valence-corrected chi connectivity index (χ3v) is 2.61. The Kier molecular flexibility index (Phi) is 4.17. The molecule has 2 heterocycles. The van der Waals surface area contributed by atoms with Crippen molar-refractivity contribution < 1.29 is 4.79 Å². The summed E-state index contributed by atoms with van der Waals surface area (Å²) in [5, 5.41) is 3.26. The number of nitrogens with one attached hydrogen (secondary N) is 2. The molecular weight excluding hydrogens is 214 g/mol. The van der Waals surface area contributed by atoms with Gasteiger partial charge in [0.15, 0.2) is 0 Å². The van der Waals surface area contributed by atoms with Crippen LogP contribution in [0.2, 0.25) is 0 Å². The van der Waals surface area contributed by atoms with Crippen LogP contribution in [0.4, 0.5) is 0 Å². The van der Waals surface area contributed by atoms with Crippen LogP contribution in [0.3, 0.4) is 0 Å². The first kappa shape index (κ1) is 12.1. The van der Waals surface area contributed by atoms with E-state index in [1.54, 1.807) is 12.4 Å². The van der Waals surface area contributed by atoms with Crippen LogP contribution in [0.15, 0.2) is 18.5 Å².